The molecule has 0 spiro atoms. The van der Waals surface area contributed by atoms with E-state index in [2.05, 4.69) is 5.32 Å². The van der Waals surface area contributed by atoms with Gasteiger partial charge in [0.2, 0.25) is 0 Å². The van der Waals surface area contributed by atoms with Gasteiger partial charge in [0.1, 0.15) is 11.5 Å². The molecule has 0 aromatic heterocycles. The monoisotopic (exact) mass is 498 g/mol. The van der Waals surface area contributed by atoms with Gasteiger partial charge in [-0.25, -0.2) is 13.2 Å². The van der Waals surface area contributed by atoms with Crippen molar-refractivity contribution in [2.45, 2.75) is 11.8 Å². The summed E-state index contributed by atoms with van der Waals surface area (Å²) in [6.07, 6.45) is 0. The van der Waals surface area contributed by atoms with E-state index in [1.54, 1.807) is 42.5 Å². The molecule has 0 saturated carbocycles. The molecule has 1 N–H and O–H groups in total. The maximum atomic E-state index is 12.8. The fourth-order valence-electron chi connectivity index (χ4n) is 3.11. The first kappa shape index (κ1) is 25.6. The topological polar surface area (TPSA) is 111 Å². The molecule has 0 heterocycles. The number of hydrogen-bond acceptors (Lipinski definition) is 7. The van der Waals surface area contributed by atoms with E-state index in [1.165, 1.54) is 45.5 Å². The van der Waals surface area contributed by atoms with Gasteiger partial charge in [-0.1, -0.05) is 17.7 Å². The van der Waals surface area contributed by atoms with E-state index in [4.69, 9.17) is 14.2 Å². The van der Waals surface area contributed by atoms with E-state index in [9.17, 15) is 18.0 Å². The van der Waals surface area contributed by atoms with Crippen LogP contribution in [0.4, 0.5) is 11.4 Å². The third kappa shape index (κ3) is 6.30. The van der Waals surface area contributed by atoms with Crippen LogP contribution in [0.15, 0.2) is 71.6 Å². The molecule has 0 saturated heterocycles. The number of aryl methyl sites for hydroxylation is 1. The van der Waals surface area contributed by atoms with Crippen molar-refractivity contribution in [2.75, 3.05) is 37.5 Å². The standard InChI is InChI=1S/C25H26N2O7S/c1-17-5-11-23(12-6-17)35(30,31)27(2)20-9-7-18(8-10-20)25(29)34-16-24(28)26-19-13-21(32-3)15-22(14-19)33-4/h5-15H,16H2,1-4H3,(H,26,28). The molecule has 0 atom stereocenters. The van der Waals surface area contributed by atoms with E-state index in [0.29, 0.717) is 22.9 Å². The maximum absolute atomic E-state index is 12.8. The van der Waals surface area contributed by atoms with Crippen molar-refractivity contribution < 1.29 is 32.2 Å². The first-order valence-electron chi connectivity index (χ1n) is 10.5. The van der Waals surface area contributed by atoms with Crippen LogP contribution >= 0.6 is 0 Å². The van der Waals surface area contributed by atoms with Crippen LogP contribution in [-0.4, -0.2) is 48.2 Å². The fraction of sp³-hybridized carbons (Fsp3) is 0.200. The van der Waals surface area contributed by atoms with Crippen LogP contribution in [0.25, 0.3) is 0 Å². The molecule has 184 valence electrons. The molecule has 3 rings (SSSR count). The quantitative estimate of drug-likeness (QED) is 0.449. The summed E-state index contributed by atoms with van der Waals surface area (Å²) in [5.41, 5.74) is 1.91. The van der Waals surface area contributed by atoms with Gasteiger partial charge >= 0.3 is 5.97 Å². The summed E-state index contributed by atoms with van der Waals surface area (Å²) in [5, 5.41) is 2.61. The normalized spacial score (nSPS) is 10.9. The molecule has 0 unspecified atom stereocenters. The zero-order chi connectivity index (χ0) is 25.6. The number of amides is 1. The molecule has 10 heteroatoms. The van der Waals surface area contributed by atoms with Crippen LogP contribution < -0.4 is 19.1 Å². The largest absolute Gasteiger partial charge is 0.497 e. The number of sulfonamides is 1. The first-order chi connectivity index (χ1) is 16.6. The van der Waals surface area contributed by atoms with E-state index in [0.717, 1.165) is 9.87 Å². The molecule has 1 amide bonds. The highest BCUT2D eigenvalue weighted by atomic mass is 32.2. The Bertz CT molecular complexity index is 1280. The molecule has 9 nitrogen and oxygen atoms in total. The van der Waals surface area contributed by atoms with Gasteiger partial charge in [0.15, 0.2) is 6.61 Å². The number of nitrogens with one attached hydrogen (secondary N) is 1. The van der Waals surface area contributed by atoms with E-state index in [-0.39, 0.29) is 10.5 Å². The van der Waals surface area contributed by atoms with Crippen molar-refractivity contribution in [1.82, 2.24) is 0 Å². The van der Waals surface area contributed by atoms with Crippen LogP contribution in [0.5, 0.6) is 11.5 Å². The SMILES string of the molecule is COc1cc(NC(=O)COC(=O)c2ccc(N(C)S(=O)(=O)c3ccc(C)cc3)cc2)cc(OC)c1. The Balaban J connectivity index is 1.61. The predicted molar refractivity (Wildman–Crippen MR) is 132 cm³/mol. The zero-order valence-corrected chi connectivity index (χ0v) is 20.6. The van der Waals surface area contributed by atoms with Crippen LogP contribution in [0.3, 0.4) is 0 Å². The number of esters is 1. The summed E-state index contributed by atoms with van der Waals surface area (Å²) in [5.74, 6) is -0.287. The lowest BCUT2D eigenvalue weighted by Crippen LogP contribution is -2.26. The zero-order valence-electron chi connectivity index (χ0n) is 19.8. The number of nitrogens with zero attached hydrogens (tertiary/aromatic N) is 1. The second-order valence-electron chi connectivity index (χ2n) is 7.56. The van der Waals surface area contributed by atoms with E-state index < -0.39 is 28.5 Å². The number of benzene rings is 3. The fourth-order valence-corrected chi connectivity index (χ4v) is 4.30. The van der Waals surface area contributed by atoms with Crippen LogP contribution in [0.1, 0.15) is 15.9 Å². The molecule has 35 heavy (non-hydrogen) atoms. The molecule has 0 aliphatic heterocycles. The van der Waals surface area contributed by atoms with Crippen molar-refractivity contribution in [2.24, 2.45) is 0 Å². The van der Waals surface area contributed by atoms with Crippen molar-refractivity contribution in [3.8, 4) is 11.5 Å². The molecule has 3 aromatic carbocycles. The van der Waals surface area contributed by atoms with Crippen LogP contribution in [-0.2, 0) is 19.6 Å². The average Bonchev–Trinajstić information content (AvgIpc) is 2.86. The molecular formula is C25H26N2O7S. The molecule has 0 aliphatic carbocycles. The molecule has 0 fully saturated rings. The number of methoxy groups -OCH3 is 2. The summed E-state index contributed by atoms with van der Waals surface area (Å²) < 4.78 is 42.2. The summed E-state index contributed by atoms with van der Waals surface area (Å²) in [6, 6.07) is 17.2. The average molecular weight is 499 g/mol. The number of carbonyl (C=O) groups excluding carboxylic acids is 2. The summed E-state index contributed by atoms with van der Waals surface area (Å²) >= 11 is 0. The van der Waals surface area contributed by atoms with Crippen LogP contribution in [0, 0.1) is 6.92 Å². The first-order valence-corrected chi connectivity index (χ1v) is 11.9. The van der Waals surface area contributed by atoms with Gasteiger partial charge in [0, 0.05) is 30.9 Å². The lowest BCUT2D eigenvalue weighted by Gasteiger charge is -2.19. The number of hydrogen-bond donors (Lipinski definition) is 1. The number of carbonyl (C=O) groups is 2. The minimum absolute atomic E-state index is 0.161. The lowest BCUT2D eigenvalue weighted by molar-refractivity contribution is -0.119. The highest BCUT2D eigenvalue weighted by molar-refractivity contribution is 7.92. The van der Waals surface area contributed by atoms with Crippen molar-refractivity contribution in [3.63, 3.8) is 0 Å². The maximum Gasteiger partial charge on any atom is 0.338 e. The Labute approximate surface area is 204 Å². The summed E-state index contributed by atoms with van der Waals surface area (Å²) in [4.78, 5) is 24.7. The Morgan fingerprint density at radius 3 is 2.00 bits per heavy atom. The van der Waals surface area contributed by atoms with Gasteiger partial charge in [-0.3, -0.25) is 9.10 Å². The minimum atomic E-state index is -3.76. The second kappa shape index (κ2) is 10.9. The van der Waals surface area contributed by atoms with Gasteiger partial charge in [-0.2, -0.15) is 0 Å². The minimum Gasteiger partial charge on any atom is -0.497 e. The lowest BCUT2D eigenvalue weighted by atomic mass is 10.2. The van der Waals surface area contributed by atoms with Gasteiger partial charge < -0.3 is 19.5 Å². The molecular weight excluding hydrogens is 472 g/mol. The number of anilines is 2. The summed E-state index contributed by atoms with van der Waals surface area (Å²) in [7, 11) is 0.652. The highest BCUT2D eigenvalue weighted by Gasteiger charge is 2.21. The Morgan fingerprint density at radius 2 is 1.46 bits per heavy atom. The molecule has 0 aliphatic rings. The third-order valence-electron chi connectivity index (χ3n) is 5.12. The predicted octanol–water partition coefficient (Wildman–Crippen LogP) is 3.63. The molecule has 0 radical (unpaired) electrons. The second-order valence-corrected chi connectivity index (χ2v) is 9.53. The Hall–Kier alpha value is -4.05. The smallest absolute Gasteiger partial charge is 0.338 e. The van der Waals surface area contributed by atoms with Gasteiger partial charge in [-0.15, -0.1) is 0 Å². The number of rotatable bonds is 9. The van der Waals surface area contributed by atoms with Gasteiger partial charge in [0.25, 0.3) is 15.9 Å². The van der Waals surface area contributed by atoms with Crippen molar-refractivity contribution in [3.05, 3.63) is 77.9 Å². The van der Waals surface area contributed by atoms with Gasteiger partial charge in [-0.05, 0) is 43.3 Å². The molecule has 3 aromatic rings. The van der Waals surface area contributed by atoms with E-state index in [1.807, 2.05) is 6.92 Å². The highest BCUT2D eigenvalue weighted by Crippen LogP contribution is 2.26. The van der Waals surface area contributed by atoms with Gasteiger partial charge in [0.05, 0.1) is 30.4 Å². The Morgan fingerprint density at radius 1 is 0.886 bits per heavy atom. The van der Waals surface area contributed by atoms with Crippen molar-refractivity contribution >= 4 is 33.3 Å². The van der Waals surface area contributed by atoms with Crippen LogP contribution in [0.2, 0.25) is 0 Å². The summed E-state index contributed by atoms with van der Waals surface area (Å²) in [6.45, 7) is 1.36. The van der Waals surface area contributed by atoms with Crippen molar-refractivity contribution in [1.29, 1.82) is 0 Å². The third-order valence-corrected chi connectivity index (χ3v) is 6.92. The Kier molecular flexibility index (Phi) is 7.98. The molecule has 0 bridgehead atoms. The van der Waals surface area contributed by atoms with E-state index >= 15 is 0 Å². The number of ether oxygens (including phenoxy) is 3.